The highest BCUT2D eigenvalue weighted by Gasteiger charge is 2.16. The molecule has 0 aromatic heterocycles. The van der Waals surface area contributed by atoms with Gasteiger partial charge in [0.05, 0.1) is 0 Å². The SMILES string of the molecule is CCCC(=O)Nc1ccc(CNC(=O)CC2CSCCN2)cc1.Cl. The molecule has 1 aliphatic heterocycles. The van der Waals surface area contributed by atoms with Gasteiger partial charge in [0, 0.05) is 49.2 Å². The van der Waals surface area contributed by atoms with Crippen LogP contribution in [0.25, 0.3) is 0 Å². The first-order chi connectivity index (χ1) is 11.2. The minimum absolute atomic E-state index is 0. The lowest BCUT2D eigenvalue weighted by molar-refractivity contribution is -0.121. The molecule has 2 amide bonds. The van der Waals surface area contributed by atoms with E-state index in [0.717, 1.165) is 35.7 Å². The molecule has 1 atom stereocenters. The average molecular weight is 372 g/mol. The van der Waals surface area contributed by atoms with Crippen LogP contribution in [-0.2, 0) is 16.1 Å². The van der Waals surface area contributed by atoms with Crippen molar-refractivity contribution in [2.75, 3.05) is 23.4 Å². The summed E-state index contributed by atoms with van der Waals surface area (Å²) in [4.78, 5) is 23.5. The molecule has 7 heteroatoms. The summed E-state index contributed by atoms with van der Waals surface area (Å²) in [6.07, 6.45) is 1.90. The number of hydrogen-bond donors (Lipinski definition) is 3. The summed E-state index contributed by atoms with van der Waals surface area (Å²) in [5.41, 5.74) is 1.82. The summed E-state index contributed by atoms with van der Waals surface area (Å²) >= 11 is 1.89. The van der Waals surface area contributed by atoms with Crippen molar-refractivity contribution >= 4 is 41.7 Å². The van der Waals surface area contributed by atoms with Crippen molar-refractivity contribution in [2.45, 2.75) is 38.8 Å². The Labute approximate surface area is 154 Å². The summed E-state index contributed by atoms with van der Waals surface area (Å²) in [6, 6.07) is 7.88. The molecule has 0 aliphatic carbocycles. The van der Waals surface area contributed by atoms with Gasteiger partial charge in [-0.15, -0.1) is 12.4 Å². The first-order valence-corrected chi connectivity index (χ1v) is 9.29. The lowest BCUT2D eigenvalue weighted by atomic mass is 10.2. The van der Waals surface area contributed by atoms with Gasteiger partial charge in [0.25, 0.3) is 0 Å². The summed E-state index contributed by atoms with van der Waals surface area (Å²) < 4.78 is 0. The Balaban J connectivity index is 0.00000288. The highest BCUT2D eigenvalue weighted by Crippen LogP contribution is 2.12. The Morgan fingerprint density at radius 2 is 2.00 bits per heavy atom. The van der Waals surface area contributed by atoms with Gasteiger partial charge in [0.15, 0.2) is 0 Å². The van der Waals surface area contributed by atoms with Gasteiger partial charge in [-0.1, -0.05) is 19.1 Å². The lowest BCUT2D eigenvalue weighted by Gasteiger charge is -2.22. The Kier molecular flexibility index (Phi) is 9.83. The Morgan fingerprint density at radius 3 is 2.62 bits per heavy atom. The zero-order chi connectivity index (χ0) is 16.5. The summed E-state index contributed by atoms with van der Waals surface area (Å²) in [6.45, 7) is 3.47. The number of carbonyl (C=O) groups is 2. The second-order valence-corrected chi connectivity index (χ2v) is 6.85. The van der Waals surface area contributed by atoms with Crippen molar-refractivity contribution in [3.8, 4) is 0 Å². The molecule has 1 aromatic rings. The zero-order valence-electron chi connectivity index (χ0n) is 14.0. The van der Waals surface area contributed by atoms with E-state index in [0.29, 0.717) is 19.4 Å². The number of amides is 2. The van der Waals surface area contributed by atoms with Gasteiger partial charge in [-0.05, 0) is 24.1 Å². The monoisotopic (exact) mass is 371 g/mol. The maximum absolute atomic E-state index is 12.0. The van der Waals surface area contributed by atoms with E-state index in [-0.39, 0.29) is 30.3 Å². The van der Waals surface area contributed by atoms with Crippen molar-refractivity contribution in [1.82, 2.24) is 10.6 Å². The molecular weight excluding hydrogens is 346 g/mol. The predicted molar refractivity (Wildman–Crippen MR) is 103 cm³/mol. The maximum atomic E-state index is 12.0. The minimum Gasteiger partial charge on any atom is -0.352 e. The molecule has 1 heterocycles. The van der Waals surface area contributed by atoms with Gasteiger partial charge in [0.2, 0.25) is 11.8 Å². The van der Waals surface area contributed by atoms with Crippen LogP contribution in [0.4, 0.5) is 5.69 Å². The molecule has 3 N–H and O–H groups in total. The molecule has 2 rings (SSSR count). The predicted octanol–water partition coefficient (Wildman–Crippen LogP) is 2.56. The standard InChI is InChI=1S/C17H25N3O2S.ClH/c1-2-3-16(21)20-14-6-4-13(5-7-14)11-19-17(22)10-15-12-23-9-8-18-15;/h4-7,15,18H,2-3,8-12H2,1H3,(H,19,22)(H,20,21);1H. The third-order valence-corrected chi connectivity index (χ3v) is 4.77. The Bertz CT molecular complexity index is 519. The highest BCUT2D eigenvalue weighted by atomic mass is 35.5. The van der Waals surface area contributed by atoms with Gasteiger partial charge in [-0.2, -0.15) is 11.8 Å². The van der Waals surface area contributed by atoms with Crippen molar-refractivity contribution in [1.29, 1.82) is 0 Å². The second kappa shape index (κ2) is 11.3. The number of anilines is 1. The van der Waals surface area contributed by atoms with Crippen LogP contribution in [0, 0.1) is 0 Å². The van der Waals surface area contributed by atoms with Gasteiger partial charge in [0.1, 0.15) is 0 Å². The fourth-order valence-electron chi connectivity index (χ4n) is 2.40. The van der Waals surface area contributed by atoms with E-state index in [1.54, 1.807) is 0 Å². The van der Waals surface area contributed by atoms with Crippen LogP contribution in [0.5, 0.6) is 0 Å². The molecule has 1 unspecified atom stereocenters. The first-order valence-electron chi connectivity index (χ1n) is 8.14. The molecule has 0 bridgehead atoms. The normalized spacial score (nSPS) is 16.8. The number of carbonyl (C=O) groups excluding carboxylic acids is 2. The number of rotatable bonds is 7. The van der Waals surface area contributed by atoms with Gasteiger partial charge in [-0.25, -0.2) is 0 Å². The van der Waals surface area contributed by atoms with Crippen LogP contribution in [0.1, 0.15) is 31.7 Å². The molecule has 0 saturated carbocycles. The fraction of sp³-hybridized carbons (Fsp3) is 0.529. The van der Waals surface area contributed by atoms with Crippen molar-refractivity contribution < 1.29 is 9.59 Å². The second-order valence-electron chi connectivity index (χ2n) is 5.70. The zero-order valence-corrected chi connectivity index (χ0v) is 15.6. The molecule has 24 heavy (non-hydrogen) atoms. The number of hydrogen-bond acceptors (Lipinski definition) is 4. The topological polar surface area (TPSA) is 70.2 Å². The quantitative estimate of drug-likeness (QED) is 0.689. The summed E-state index contributed by atoms with van der Waals surface area (Å²) in [7, 11) is 0. The molecule has 1 aliphatic rings. The molecule has 1 fully saturated rings. The molecular formula is C17H26ClN3O2S. The van der Waals surface area contributed by atoms with E-state index >= 15 is 0 Å². The maximum Gasteiger partial charge on any atom is 0.224 e. The van der Waals surface area contributed by atoms with E-state index in [1.165, 1.54) is 0 Å². The van der Waals surface area contributed by atoms with E-state index in [4.69, 9.17) is 0 Å². The number of nitrogens with one attached hydrogen (secondary N) is 3. The first kappa shape index (κ1) is 20.8. The van der Waals surface area contributed by atoms with Crippen LogP contribution >= 0.6 is 24.2 Å². The Hall–Kier alpha value is -1.24. The van der Waals surface area contributed by atoms with Gasteiger partial charge >= 0.3 is 0 Å². The van der Waals surface area contributed by atoms with E-state index in [1.807, 2.05) is 43.0 Å². The van der Waals surface area contributed by atoms with Crippen LogP contribution in [0.15, 0.2) is 24.3 Å². The van der Waals surface area contributed by atoms with Crippen molar-refractivity contribution in [2.24, 2.45) is 0 Å². The molecule has 134 valence electrons. The van der Waals surface area contributed by atoms with Crippen molar-refractivity contribution in [3.63, 3.8) is 0 Å². The lowest BCUT2D eigenvalue weighted by Crippen LogP contribution is -2.41. The molecule has 0 spiro atoms. The highest BCUT2D eigenvalue weighted by molar-refractivity contribution is 7.99. The molecule has 0 radical (unpaired) electrons. The number of benzene rings is 1. The largest absolute Gasteiger partial charge is 0.352 e. The summed E-state index contributed by atoms with van der Waals surface area (Å²) in [5.74, 6) is 2.23. The van der Waals surface area contributed by atoms with Crippen LogP contribution in [-0.4, -0.2) is 35.9 Å². The summed E-state index contributed by atoms with van der Waals surface area (Å²) in [5, 5.41) is 9.17. The van der Waals surface area contributed by atoms with E-state index in [9.17, 15) is 9.59 Å². The van der Waals surface area contributed by atoms with Gasteiger partial charge in [-0.3, -0.25) is 9.59 Å². The van der Waals surface area contributed by atoms with Crippen molar-refractivity contribution in [3.05, 3.63) is 29.8 Å². The minimum atomic E-state index is 0. The average Bonchev–Trinajstić information content (AvgIpc) is 2.55. The van der Waals surface area contributed by atoms with Gasteiger partial charge < -0.3 is 16.0 Å². The van der Waals surface area contributed by atoms with Crippen LogP contribution in [0.2, 0.25) is 0 Å². The smallest absolute Gasteiger partial charge is 0.224 e. The number of halogens is 1. The third kappa shape index (κ3) is 7.55. The third-order valence-electron chi connectivity index (χ3n) is 3.63. The Morgan fingerprint density at radius 1 is 1.25 bits per heavy atom. The number of thioether (sulfide) groups is 1. The molecule has 5 nitrogen and oxygen atoms in total. The van der Waals surface area contributed by atoms with Crippen LogP contribution < -0.4 is 16.0 Å². The fourth-order valence-corrected chi connectivity index (χ4v) is 3.35. The van der Waals surface area contributed by atoms with E-state index in [2.05, 4.69) is 16.0 Å². The van der Waals surface area contributed by atoms with E-state index < -0.39 is 0 Å². The molecule has 1 saturated heterocycles. The van der Waals surface area contributed by atoms with Crippen LogP contribution in [0.3, 0.4) is 0 Å². The molecule has 1 aromatic carbocycles.